The monoisotopic (exact) mass is 167 g/mol. The molecule has 0 aromatic carbocycles. The normalized spacial score (nSPS) is 17.9. The van der Waals surface area contributed by atoms with Gasteiger partial charge in [0.1, 0.15) is 0 Å². The van der Waals surface area contributed by atoms with Crippen molar-refractivity contribution in [2.45, 2.75) is 33.1 Å². The van der Waals surface area contributed by atoms with Gasteiger partial charge in [-0.1, -0.05) is 26.0 Å². The van der Waals surface area contributed by atoms with Crippen LogP contribution in [0.1, 0.15) is 33.1 Å². The highest BCUT2D eigenvalue weighted by Gasteiger charge is 2.15. The fourth-order valence-electron chi connectivity index (χ4n) is 1.46. The van der Waals surface area contributed by atoms with E-state index >= 15 is 0 Å². The molecule has 0 saturated carbocycles. The summed E-state index contributed by atoms with van der Waals surface area (Å²) in [5.41, 5.74) is 1.42. The molecule has 1 aliphatic heterocycles. The first kappa shape index (κ1) is 9.79. The van der Waals surface area contributed by atoms with Crippen LogP contribution < -0.4 is 5.32 Å². The van der Waals surface area contributed by atoms with Gasteiger partial charge in [-0.3, -0.25) is 0 Å². The molecule has 0 unspecified atom stereocenters. The Morgan fingerprint density at radius 2 is 2.17 bits per heavy atom. The van der Waals surface area contributed by atoms with Crippen molar-refractivity contribution in [3.63, 3.8) is 0 Å². The van der Waals surface area contributed by atoms with E-state index < -0.39 is 0 Å². The van der Waals surface area contributed by atoms with Gasteiger partial charge in [-0.2, -0.15) is 0 Å². The van der Waals surface area contributed by atoms with Crippen LogP contribution in [0.3, 0.4) is 0 Å². The molecule has 0 atom stereocenters. The molecule has 1 fully saturated rings. The Balaban J connectivity index is 1.97. The average molecular weight is 167 g/mol. The Bertz CT molecular complexity index is 145. The first-order chi connectivity index (χ1) is 5.70. The van der Waals surface area contributed by atoms with E-state index in [1.54, 1.807) is 0 Å². The third-order valence-corrected chi connectivity index (χ3v) is 2.79. The van der Waals surface area contributed by atoms with Gasteiger partial charge in [0, 0.05) is 0 Å². The SMILES string of the molecule is C=C(CCCC1CNC1)C(C)C. The van der Waals surface area contributed by atoms with E-state index in [1.165, 1.54) is 37.9 Å². The molecule has 1 heterocycles. The summed E-state index contributed by atoms with van der Waals surface area (Å²) in [6, 6.07) is 0. The van der Waals surface area contributed by atoms with E-state index in [-0.39, 0.29) is 0 Å². The highest BCUT2D eigenvalue weighted by atomic mass is 14.9. The topological polar surface area (TPSA) is 12.0 Å². The molecule has 1 saturated heterocycles. The molecule has 1 N–H and O–H groups in total. The number of nitrogens with one attached hydrogen (secondary N) is 1. The molecule has 0 aliphatic carbocycles. The molecule has 1 rings (SSSR count). The van der Waals surface area contributed by atoms with Crippen LogP contribution in [0.15, 0.2) is 12.2 Å². The first-order valence-corrected chi connectivity index (χ1v) is 5.08. The summed E-state index contributed by atoms with van der Waals surface area (Å²) < 4.78 is 0. The zero-order valence-electron chi connectivity index (χ0n) is 8.40. The van der Waals surface area contributed by atoms with E-state index in [9.17, 15) is 0 Å². The van der Waals surface area contributed by atoms with Crippen molar-refractivity contribution in [2.24, 2.45) is 11.8 Å². The molecule has 12 heavy (non-hydrogen) atoms. The van der Waals surface area contributed by atoms with Gasteiger partial charge >= 0.3 is 0 Å². The lowest BCUT2D eigenvalue weighted by molar-refractivity contribution is 0.320. The van der Waals surface area contributed by atoms with E-state index in [0.717, 1.165) is 5.92 Å². The van der Waals surface area contributed by atoms with Crippen LogP contribution in [0.25, 0.3) is 0 Å². The van der Waals surface area contributed by atoms with E-state index in [4.69, 9.17) is 0 Å². The molecular formula is C11H21N. The number of rotatable bonds is 5. The van der Waals surface area contributed by atoms with Crippen LogP contribution in [-0.4, -0.2) is 13.1 Å². The van der Waals surface area contributed by atoms with Crippen LogP contribution in [0, 0.1) is 11.8 Å². The van der Waals surface area contributed by atoms with Gasteiger partial charge < -0.3 is 5.32 Å². The number of allylic oxidation sites excluding steroid dienone is 1. The van der Waals surface area contributed by atoms with Crippen molar-refractivity contribution in [1.29, 1.82) is 0 Å². The standard InChI is InChI=1S/C11H21N/c1-9(2)10(3)5-4-6-11-7-12-8-11/h9,11-12H,3-8H2,1-2H3. The quantitative estimate of drug-likeness (QED) is 0.621. The maximum Gasteiger partial charge on any atom is -0.000825 e. The minimum Gasteiger partial charge on any atom is -0.316 e. The lowest BCUT2D eigenvalue weighted by Crippen LogP contribution is -2.41. The molecule has 0 spiro atoms. The third kappa shape index (κ3) is 2.98. The molecular weight excluding hydrogens is 146 g/mol. The highest BCUT2D eigenvalue weighted by molar-refractivity contribution is 4.97. The van der Waals surface area contributed by atoms with Crippen molar-refractivity contribution in [2.75, 3.05) is 13.1 Å². The molecule has 1 heteroatoms. The molecule has 0 aromatic heterocycles. The summed E-state index contributed by atoms with van der Waals surface area (Å²) in [4.78, 5) is 0. The van der Waals surface area contributed by atoms with Crippen molar-refractivity contribution in [3.8, 4) is 0 Å². The summed E-state index contributed by atoms with van der Waals surface area (Å²) in [7, 11) is 0. The van der Waals surface area contributed by atoms with Crippen molar-refractivity contribution >= 4 is 0 Å². The summed E-state index contributed by atoms with van der Waals surface area (Å²) in [5, 5.41) is 3.30. The van der Waals surface area contributed by atoms with E-state index in [2.05, 4.69) is 25.7 Å². The second kappa shape index (κ2) is 4.66. The minimum atomic E-state index is 0.671. The Morgan fingerprint density at radius 1 is 1.50 bits per heavy atom. The molecule has 1 nitrogen and oxygen atoms in total. The third-order valence-electron chi connectivity index (χ3n) is 2.79. The van der Waals surface area contributed by atoms with E-state index in [0.29, 0.717) is 5.92 Å². The zero-order chi connectivity index (χ0) is 8.97. The largest absolute Gasteiger partial charge is 0.316 e. The van der Waals surface area contributed by atoms with Gasteiger partial charge in [-0.25, -0.2) is 0 Å². The minimum absolute atomic E-state index is 0.671. The van der Waals surface area contributed by atoms with Crippen LogP contribution in [0.4, 0.5) is 0 Å². The zero-order valence-corrected chi connectivity index (χ0v) is 8.40. The molecule has 0 bridgehead atoms. The Kier molecular flexibility index (Phi) is 3.80. The second-order valence-electron chi connectivity index (χ2n) is 4.23. The Labute approximate surface area is 76.2 Å². The van der Waals surface area contributed by atoms with Gasteiger partial charge in [0.05, 0.1) is 0 Å². The maximum absolute atomic E-state index is 4.08. The van der Waals surface area contributed by atoms with Crippen LogP contribution in [0.2, 0.25) is 0 Å². The molecule has 70 valence electrons. The fraction of sp³-hybridized carbons (Fsp3) is 0.818. The molecule has 1 aliphatic rings. The van der Waals surface area contributed by atoms with Crippen LogP contribution in [-0.2, 0) is 0 Å². The lowest BCUT2D eigenvalue weighted by Gasteiger charge is -2.27. The van der Waals surface area contributed by atoms with Crippen molar-refractivity contribution in [1.82, 2.24) is 5.32 Å². The molecule has 0 amide bonds. The van der Waals surface area contributed by atoms with Gasteiger partial charge in [0.25, 0.3) is 0 Å². The van der Waals surface area contributed by atoms with Crippen molar-refractivity contribution < 1.29 is 0 Å². The fourth-order valence-corrected chi connectivity index (χ4v) is 1.46. The highest BCUT2D eigenvalue weighted by Crippen LogP contribution is 2.18. The first-order valence-electron chi connectivity index (χ1n) is 5.08. The molecule has 0 radical (unpaired) electrons. The summed E-state index contributed by atoms with van der Waals surface area (Å²) >= 11 is 0. The van der Waals surface area contributed by atoms with Gasteiger partial charge in [-0.05, 0) is 44.2 Å². The van der Waals surface area contributed by atoms with E-state index in [1.807, 2.05) is 0 Å². The molecule has 0 aromatic rings. The van der Waals surface area contributed by atoms with Crippen LogP contribution in [0.5, 0.6) is 0 Å². The smallest absolute Gasteiger partial charge is 0.000825 e. The maximum atomic E-state index is 4.08. The predicted molar refractivity (Wildman–Crippen MR) is 54.2 cm³/mol. The summed E-state index contributed by atoms with van der Waals surface area (Å²) in [5.74, 6) is 1.63. The average Bonchev–Trinajstić information content (AvgIpc) is 1.93. The van der Waals surface area contributed by atoms with Crippen molar-refractivity contribution in [3.05, 3.63) is 12.2 Å². The Morgan fingerprint density at radius 3 is 2.58 bits per heavy atom. The summed E-state index contributed by atoms with van der Waals surface area (Å²) in [6.45, 7) is 11.0. The van der Waals surface area contributed by atoms with Gasteiger partial charge in [0.15, 0.2) is 0 Å². The number of hydrogen-bond donors (Lipinski definition) is 1. The van der Waals surface area contributed by atoms with Gasteiger partial charge in [-0.15, -0.1) is 0 Å². The number of hydrogen-bond acceptors (Lipinski definition) is 1. The Hall–Kier alpha value is -0.300. The predicted octanol–water partition coefficient (Wildman–Crippen LogP) is 2.59. The van der Waals surface area contributed by atoms with Gasteiger partial charge in [0.2, 0.25) is 0 Å². The lowest BCUT2D eigenvalue weighted by atomic mass is 9.93. The van der Waals surface area contributed by atoms with Crippen LogP contribution >= 0.6 is 0 Å². The second-order valence-corrected chi connectivity index (χ2v) is 4.23. The summed E-state index contributed by atoms with van der Waals surface area (Å²) in [6.07, 6.45) is 3.95.